The summed E-state index contributed by atoms with van der Waals surface area (Å²) in [6, 6.07) is 5.98. The van der Waals surface area contributed by atoms with E-state index in [0.29, 0.717) is 13.0 Å². The molecular weight excluding hydrogens is 276 g/mol. The minimum atomic E-state index is -0.0493. The SMILES string of the molecule is CCCCCN(CCC(=O)Nc1cc(C)cc(C)c1)C(C)=O. The number of anilines is 1. The molecule has 1 rings (SSSR count). The number of unbranched alkanes of at least 4 members (excludes halogenated alkanes) is 2. The molecule has 0 atom stereocenters. The normalized spacial score (nSPS) is 10.4. The van der Waals surface area contributed by atoms with Crippen LogP contribution in [0, 0.1) is 13.8 Å². The second-order valence-corrected chi connectivity index (χ2v) is 5.89. The number of carbonyl (C=O) groups is 2. The standard InChI is InChI=1S/C18H28N2O2/c1-5-6-7-9-20(16(4)21)10-8-18(22)19-17-12-14(2)11-15(3)13-17/h11-13H,5-10H2,1-4H3,(H,19,22). The minimum Gasteiger partial charge on any atom is -0.342 e. The van der Waals surface area contributed by atoms with Crippen LogP contribution < -0.4 is 5.32 Å². The number of amides is 2. The summed E-state index contributed by atoms with van der Waals surface area (Å²) in [6.45, 7) is 8.93. The van der Waals surface area contributed by atoms with Crippen LogP contribution in [0.2, 0.25) is 0 Å². The zero-order valence-corrected chi connectivity index (χ0v) is 14.2. The van der Waals surface area contributed by atoms with Gasteiger partial charge in [-0.3, -0.25) is 9.59 Å². The average molecular weight is 304 g/mol. The zero-order chi connectivity index (χ0) is 16.5. The van der Waals surface area contributed by atoms with Gasteiger partial charge in [0.1, 0.15) is 0 Å². The molecule has 0 unspecified atom stereocenters. The van der Waals surface area contributed by atoms with Gasteiger partial charge < -0.3 is 10.2 Å². The number of rotatable bonds is 8. The first-order valence-electron chi connectivity index (χ1n) is 8.06. The Kier molecular flexibility index (Phi) is 7.64. The van der Waals surface area contributed by atoms with E-state index in [0.717, 1.165) is 42.6 Å². The van der Waals surface area contributed by atoms with Crippen molar-refractivity contribution in [1.29, 1.82) is 0 Å². The summed E-state index contributed by atoms with van der Waals surface area (Å²) in [5.41, 5.74) is 3.07. The summed E-state index contributed by atoms with van der Waals surface area (Å²) in [5, 5.41) is 2.91. The quantitative estimate of drug-likeness (QED) is 0.745. The van der Waals surface area contributed by atoms with Crippen molar-refractivity contribution in [3.63, 3.8) is 0 Å². The van der Waals surface area contributed by atoms with Crippen molar-refractivity contribution in [2.75, 3.05) is 18.4 Å². The van der Waals surface area contributed by atoms with Gasteiger partial charge in [0, 0.05) is 32.1 Å². The molecule has 4 heteroatoms. The number of aryl methyl sites for hydroxylation is 2. The first-order valence-corrected chi connectivity index (χ1v) is 8.06. The van der Waals surface area contributed by atoms with E-state index in [4.69, 9.17) is 0 Å². The Hall–Kier alpha value is -1.84. The lowest BCUT2D eigenvalue weighted by Gasteiger charge is -2.20. The summed E-state index contributed by atoms with van der Waals surface area (Å²) in [6.07, 6.45) is 3.56. The Bertz CT molecular complexity index is 492. The van der Waals surface area contributed by atoms with Gasteiger partial charge in [-0.15, -0.1) is 0 Å². The number of hydrogen-bond acceptors (Lipinski definition) is 2. The molecule has 2 amide bonds. The number of nitrogens with zero attached hydrogens (tertiary/aromatic N) is 1. The van der Waals surface area contributed by atoms with Crippen LogP contribution in [-0.2, 0) is 9.59 Å². The molecule has 0 fully saturated rings. The van der Waals surface area contributed by atoms with Gasteiger partial charge in [-0.05, 0) is 43.5 Å². The number of hydrogen-bond donors (Lipinski definition) is 1. The Morgan fingerprint density at radius 3 is 2.23 bits per heavy atom. The smallest absolute Gasteiger partial charge is 0.226 e. The van der Waals surface area contributed by atoms with Crippen molar-refractivity contribution in [1.82, 2.24) is 4.90 Å². The Morgan fingerprint density at radius 2 is 1.68 bits per heavy atom. The van der Waals surface area contributed by atoms with Crippen molar-refractivity contribution in [3.8, 4) is 0 Å². The molecule has 0 aliphatic heterocycles. The molecule has 1 aromatic carbocycles. The molecule has 0 saturated heterocycles. The highest BCUT2D eigenvalue weighted by atomic mass is 16.2. The summed E-state index contributed by atoms with van der Waals surface area (Å²) in [7, 11) is 0. The van der Waals surface area contributed by atoms with Crippen molar-refractivity contribution >= 4 is 17.5 Å². The van der Waals surface area contributed by atoms with Gasteiger partial charge in [-0.1, -0.05) is 25.8 Å². The molecule has 0 aliphatic carbocycles. The van der Waals surface area contributed by atoms with E-state index in [2.05, 4.69) is 18.3 Å². The lowest BCUT2D eigenvalue weighted by atomic mass is 10.1. The molecule has 122 valence electrons. The first-order chi connectivity index (χ1) is 10.4. The van der Waals surface area contributed by atoms with Crippen molar-refractivity contribution in [3.05, 3.63) is 29.3 Å². The van der Waals surface area contributed by atoms with E-state index in [1.54, 1.807) is 11.8 Å². The van der Waals surface area contributed by atoms with E-state index >= 15 is 0 Å². The fraction of sp³-hybridized carbons (Fsp3) is 0.556. The summed E-state index contributed by atoms with van der Waals surface area (Å²) in [5.74, 6) is -0.0120. The van der Waals surface area contributed by atoms with Crippen molar-refractivity contribution in [2.45, 2.75) is 53.4 Å². The molecule has 0 heterocycles. The Labute approximate surface area is 133 Å². The molecule has 4 nitrogen and oxygen atoms in total. The molecule has 0 spiro atoms. The fourth-order valence-corrected chi connectivity index (χ4v) is 2.49. The maximum Gasteiger partial charge on any atom is 0.226 e. The maximum atomic E-state index is 12.0. The van der Waals surface area contributed by atoms with Crippen molar-refractivity contribution in [2.24, 2.45) is 0 Å². The van der Waals surface area contributed by atoms with Crippen LogP contribution in [0.3, 0.4) is 0 Å². The summed E-state index contributed by atoms with van der Waals surface area (Å²) in [4.78, 5) is 25.4. The predicted octanol–water partition coefficient (Wildman–Crippen LogP) is 3.67. The summed E-state index contributed by atoms with van der Waals surface area (Å²) < 4.78 is 0. The number of nitrogens with one attached hydrogen (secondary N) is 1. The van der Waals surface area contributed by atoms with Crippen LogP contribution in [0.4, 0.5) is 5.69 Å². The van der Waals surface area contributed by atoms with Crippen molar-refractivity contribution < 1.29 is 9.59 Å². The van der Waals surface area contributed by atoms with Gasteiger partial charge in [0.2, 0.25) is 11.8 Å². The first kappa shape index (κ1) is 18.2. The lowest BCUT2D eigenvalue weighted by Crippen LogP contribution is -2.32. The summed E-state index contributed by atoms with van der Waals surface area (Å²) >= 11 is 0. The molecule has 1 N–H and O–H groups in total. The van der Waals surface area contributed by atoms with Crippen LogP contribution in [0.15, 0.2) is 18.2 Å². The zero-order valence-electron chi connectivity index (χ0n) is 14.2. The van der Waals surface area contributed by atoms with E-state index in [-0.39, 0.29) is 11.8 Å². The highest BCUT2D eigenvalue weighted by Crippen LogP contribution is 2.14. The highest BCUT2D eigenvalue weighted by molar-refractivity contribution is 5.91. The average Bonchev–Trinajstić information content (AvgIpc) is 2.41. The van der Waals surface area contributed by atoms with Crippen LogP contribution in [0.5, 0.6) is 0 Å². The minimum absolute atomic E-state index is 0.0373. The Balaban J connectivity index is 2.47. The predicted molar refractivity (Wildman–Crippen MR) is 90.9 cm³/mol. The second kappa shape index (κ2) is 9.23. The van der Waals surface area contributed by atoms with Gasteiger partial charge in [0.25, 0.3) is 0 Å². The van der Waals surface area contributed by atoms with E-state index in [1.165, 1.54) is 0 Å². The molecule has 22 heavy (non-hydrogen) atoms. The molecular formula is C18H28N2O2. The van der Waals surface area contributed by atoms with E-state index < -0.39 is 0 Å². The molecule has 0 bridgehead atoms. The number of carbonyl (C=O) groups excluding carboxylic acids is 2. The van der Waals surface area contributed by atoms with Crippen LogP contribution >= 0.6 is 0 Å². The Morgan fingerprint density at radius 1 is 1.05 bits per heavy atom. The molecule has 0 aromatic heterocycles. The van der Waals surface area contributed by atoms with E-state index in [9.17, 15) is 9.59 Å². The van der Waals surface area contributed by atoms with Gasteiger partial charge in [0.15, 0.2) is 0 Å². The van der Waals surface area contributed by atoms with Gasteiger partial charge in [-0.2, -0.15) is 0 Å². The third-order valence-electron chi connectivity index (χ3n) is 3.59. The monoisotopic (exact) mass is 304 g/mol. The molecule has 0 aliphatic rings. The number of benzene rings is 1. The van der Waals surface area contributed by atoms with Crippen LogP contribution in [0.1, 0.15) is 50.7 Å². The maximum absolute atomic E-state index is 12.0. The van der Waals surface area contributed by atoms with Gasteiger partial charge in [-0.25, -0.2) is 0 Å². The second-order valence-electron chi connectivity index (χ2n) is 5.89. The molecule has 0 saturated carbocycles. The van der Waals surface area contributed by atoms with Crippen LogP contribution in [0.25, 0.3) is 0 Å². The fourth-order valence-electron chi connectivity index (χ4n) is 2.49. The molecule has 0 radical (unpaired) electrons. The topological polar surface area (TPSA) is 49.4 Å². The molecule has 1 aromatic rings. The van der Waals surface area contributed by atoms with Crippen LogP contribution in [-0.4, -0.2) is 29.8 Å². The lowest BCUT2D eigenvalue weighted by molar-refractivity contribution is -0.129. The van der Waals surface area contributed by atoms with E-state index in [1.807, 2.05) is 26.0 Å². The third kappa shape index (κ3) is 6.74. The highest BCUT2D eigenvalue weighted by Gasteiger charge is 2.11. The van der Waals surface area contributed by atoms with Gasteiger partial charge in [0.05, 0.1) is 0 Å². The third-order valence-corrected chi connectivity index (χ3v) is 3.59. The van der Waals surface area contributed by atoms with Gasteiger partial charge >= 0.3 is 0 Å². The largest absolute Gasteiger partial charge is 0.342 e.